The topological polar surface area (TPSA) is 73.6 Å². The number of allylic oxidation sites excluding steroid dienone is 6. The lowest BCUT2D eigenvalue weighted by atomic mass is 9.51. The number of ether oxygens (including phenoxy) is 1. The van der Waals surface area contributed by atoms with Crippen LogP contribution in [0, 0.1) is 28.6 Å². The Morgan fingerprint density at radius 3 is 2.67 bits per heavy atom. The summed E-state index contributed by atoms with van der Waals surface area (Å²) in [5, 5.41) is -0.501. The van der Waals surface area contributed by atoms with Crippen LogP contribution in [0.4, 0.5) is 4.39 Å². The van der Waals surface area contributed by atoms with Crippen molar-refractivity contribution < 1.29 is 27.9 Å². The summed E-state index contributed by atoms with van der Waals surface area (Å²) in [6.07, 6.45) is 8.27. The smallest absolute Gasteiger partial charge is 0.375 e. The number of fused-ring (bicyclic) bond motifs is 5. The Kier molecular flexibility index (Phi) is 4.95. The molecule has 0 bridgehead atoms. The number of ketones is 1. The predicted molar refractivity (Wildman–Crippen MR) is 122 cm³/mol. The molecule has 5 rings (SSSR count). The molecular formula is C26H27FO5S. The second-order valence-corrected chi connectivity index (χ2v) is 10.7. The van der Waals surface area contributed by atoms with Gasteiger partial charge in [-0.3, -0.25) is 9.59 Å². The Balaban J connectivity index is 1.59. The maximum atomic E-state index is 15.5. The van der Waals surface area contributed by atoms with Crippen molar-refractivity contribution in [3.63, 3.8) is 0 Å². The number of thiol groups is 1. The molecule has 0 amide bonds. The van der Waals surface area contributed by atoms with Gasteiger partial charge in [-0.1, -0.05) is 31.6 Å². The van der Waals surface area contributed by atoms with E-state index in [-0.39, 0.29) is 35.7 Å². The van der Waals surface area contributed by atoms with Gasteiger partial charge in [0.05, 0.1) is 6.26 Å². The largest absolute Gasteiger partial charge is 0.457 e. The molecule has 174 valence electrons. The van der Waals surface area contributed by atoms with Crippen molar-refractivity contribution in [2.75, 3.05) is 0 Å². The summed E-state index contributed by atoms with van der Waals surface area (Å²) in [7, 11) is 0. The van der Waals surface area contributed by atoms with Gasteiger partial charge < -0.3 is 9.15 Å². The van der Waals surface area contributed by atoms with Crippen molar-refractivity contribution in [3.8, 4) is 0 Å². The first kappa shape index (κ1) is 22.4. The molecule has 4 aliphatic rings. The Morgan fingerprint density at radius 2 is 2.00 bits per heavy atom. The average Bonchev–Trinajstić information content (AvgIpc) is 3.36. The van der Waals surface area contributed by atoms with E-state index in [0.717, 1.165) is 5.57 Å². The third-order valence-electron chi connectivity index (χ3n) is 8.77. The van der Waals surface area contributed by atoms with E-state index in [1.54, 1.807) is 6.07 Å². The van der Waals surface area contributed by atoms with E-state index in [1.807, 2.05) is 26.8 Å². The summed E-state index contributed by atoms with van der Waals surface area (Å²) in [6, 6.07) is 3.08. The van der Waals surface area contributed by atoms with Crippen LogP contribution in [0.3, 0.4) is 0 Å². The van der Waals surface area contributed by atoms with E-state index in [2.05, 4.69) is 18.7 Å². The Bertz CT molecular complexity index is 1130. The van der Waals surface area contributed by atoms with E-state index in [0.29, 0.717) is 18.4 Å². The Morgan fingerprint density at radius 1 is 1.24 bits per heavy atom. The summed E-state index contributed by atoms with van der Waals surface area (Å²) < 4.78 is 26.7. The van der Waals surface area contributed by atoms with Crippen molar-refractivity contribution in [1.82, 2.24) is 0 Å². The third kappa shape index (κ3) is 2.87. The van der Waals surface area contributed by atoms with Crippen LogP contribution in [0.1, 0.15) is 50.6 Å². The summed E-state index contributed by atoms with van der Waals surface area (Å²) in [6.45, 7) is 5.81. The summed E-state index contributed by atoms with van der Waals surface area (Å²) >= 11 is 4.22. The second kappa shape index (κ2) is 7.29. The van der Waals surface area contributed by atoms with Gasteiger partial charge >= 0.3 is 5.97 Å². The van der Waals surface area contributed by atoms with Crippen LogP contribution >= 0.6 is 12.6 Å². The molecule has 7 atom stereocenters. The number of hydrogen-bond acceptors (Lipinski definition) is 5. The van der Waals surface area contributed by atoms with Crippen molar-refractivity contribution in [2.24, 2.45) is 28.6 Å². The van der Waals surface area contributed by atoms with Crippen LogP contribution in [0.5, 0.6) is 0 Å². The Labute approximate surface area is 197 Å². The van der Waals surface area contributed by atoms with Gasteiger partial charge in [-0.2, -0.15) is 0 Å². The molecule has 5 nitrogen and oxygen atoms in total. The minimum atomic E-state index is -1.46. The minimum Gasteiger partial charge on any atom is -0.457 e. The summed E-state index contributed by atoms with van der Waals surface area (Å²) in [5.41, 5.74) is -1.29. The van der Waals surface area contributed by atoms with Crippen LogP contribution in [-0.4, -0.2) is 28.6 Å². The first-order valence-corrected chi connectivity index (χ1v) is 11.8. The molecule has 0 aromatic carbocycles. The molecule has 33 heavy (non-hydrogen) atoms. The van der Waals surface area contributed by atoms with Gasteiger partial charge in [0.15, 0.2) is 11.4 Å². The molecule has 0 radical (unpaired) electrons. The lowest BCUT2D eigenvalue weighted by Gasteiger charge is -2.54. The van der Waals surface area contributed by atoms with Crippen molar-refractivity contribution in [1.29, 1.82) is 0 Å². The van der Waals surface area contributed by atoms with Crippen molar-refractivity contribution in [2.45, 2.75) is 51.8 Å². The average molecular weight is 471 g/mol. The number of carbonyl (C=O) groups excluding carboxylic acids is 3. The maximum absolute atomic E-state index is 15.5. The standard InChI is InChI=1S/C26H27FO5S/c1-14-11-18-16-13-20(27)19-12-15(28)6-8-24(19,2)17(16)7-9-25(18,3)26(14,23(30)33)32-22(29)21-5-4-10-31-21/h4-8,10,12,14,16,18,20H,9,11,13H2,1-3H3,(H,30,33)/t14-,16-,18+,20+,24-,25+,26+/m1/s1. The number of esters is 1. The number of rotatable bonds is 3. The van der Waals surface area contributed by atoms with Gasteiger partial charge in [-0.25, -0.2) is 9.18 Å². The molecule has 0 aliphatic heterocycles. The number of hydrogen-bond donors (Lipinski definition) is 1. The van der Waals surface area contributed by atoms with Gasteiger partial charge in [-0.15, -0.1) is 12.6 Å². The Hall–Kier alpha value is -2.41. The van der Waals surface area contributed by atoms with E-state index < -0.39 is 33.7 Å². The molecule has 1 heterocycles. The van der Waals surface area contributed by atoms with Gasteiger partial charge in [0.2, 0.25) is 10.9 Å². The SMILES string of the molecule is C[C@@H]1C[C@H]2[C@@H]3C[C@H](F)C4=CC(=O)C=C[C@]4(C)C3=CC[C@]2(C)[C@@]1(OC(=O)c1ccco1)C(=O)S. The minimum absolute atomic E-state index is 0.0241. The first-order chi connectivity index (χ1) is 15.5. The van der Waals surface area contributed by atoms with E-state index in [9.17, 15) is 14.4 Å². The van der Waals surface area contributed by atoms with Crippen LogP contribution in [-0.2, 0) is 14.3 Å². The molecule has 2 fully saturated rings. The highest BCUT2D eigenvalue weighted by atomic mass is 32.1. The molecular weight excluding hydrogens is 443 g/mol. The lowest BCUT2D eigenvalue weighted by molar-refractivity contribution is -0.151. The summed E-state index contributed by atoms with van der Waals surface area (Å²) in [4.78, 5) is 38.0. The van der Waals surface area contributed by atoms with Crippen LogP contribution in [0.15, 0.2) is 58.3 Å². The number of carbonyl (C=O) groups is 3. The number of halogens is 1. The highest BCUT2D eigenvalue weighted by Gasteiger charge is 2.70. The van der Waals surface area contributed by atoms with Crippen LogP contribution in [0.2, 0.25) is 0 Å². The van der Waals surface area contributed by atoms with Gasteiger partial charge in [0.1, 0.15) is 6.17 Å². The molecule has 0 spiro atoms. The van der Waals surface area contributed by atoms with E-state index in [1.165, 1.54) is 24.5 Å². The molecule has 0 saturated heterocycles. The zero-order chi connectivity index (χ0) is 23.8. The highest BCUT2D eigenvalue weighted by molar-refractivity contribution is 7.96. The summed E-state index contributed by atoms with van der Waals surface area (Å²) in [5.74, 6) is -1.41. The van der Waals surface area contributed by atoms with Crippen LogP contribution < -0.4 is 0 Å². The predicted octanol–water partition coefficient (Wildman–Crippen LogP) is 5.05. The normalized spacial score (nSPS) is 41.4. The van der Waals surface area contributed by atoms with E-state index >= 15 is 4.39 Å². The number of furan rings is 1. The molecule has 2 saturated carbocycles. The zero-order valence-corrected chi connectivity index (χ0v) is 19.7. The van der Waals surface area contributed by atoms with Gasteiger partial charge in [0.25, 0.3) is 0 Å². The number of alkyl halides is 1. The monoisotopic (exact) mass is 470 g/mol. The fourth-order valence-electron chi connectivity index (χ4n) is 7.17. The van der Waals surface area contributed by atoms with Gasteiger partial charge in [-0.05, 0) is 67.9 Å². The molecule has 4 aliphatic carbocycles. The van der Waals surface area contributed by atoms with E-state index in [4.69, 9.17) is 9.15 Å². The highest BCUT2D eigenvalue weighted by Crippen LogP contribution is 2.67. The van der Waals surface area contributed by atoms with Crippen molar-refractivity contribution in [3.05, 3.63) is 59.6 Å². The third-order valence-corrected chi connectivity index (χ3v) is 9.10. The maximum Gasteiger partial charge on any atom is 0.375 e. The zero-order valence-electron chi connectivity index (χ0n) is 18.8. The lowest BCUT2D eigenvalue weighted by Crippen LogP contribution is -2.58. The molecule has 1 aromatic rings. The quantitative estimate of drug-likeness (QED) is 0.380. The molecule has 7 heteroatoms. The van der Waals surface area contributed by atoms with Crippen LogP contribution in [0.25, 0.3) is 0 Å². The molecule has 0 N–H and O–H groups in total. The van der Waals surface area contributed by atoms with Crippen molar-refractivity contribution >= 4 is 29.5 Å². The molecule has 1 aromatic heterocycles. The first-order valence-electron chi connectivity index (χ1n) is 11.3. The van der Waals surface area contributed by atoms with Gasteiger partial charge in [0, 0.05) is 16.7 Å². The molecule has 0 unspecified atom stereocenters. The second-order valence-electron chi connectivity index (χ2n) is 10.3. The fraction of sp³-hybridized carbons (Fsp3) is 0.500. The fourth-order valence-corrected chi connectivity index (χ4v) is 7.69.